The van der Waals surface area contributed by atoms with Crippen LogP contribution >= 0.6 is 0 Å². The number of anilines is 1. The number of nitrogens with zero attached hydrogens (tertiary/aromatic N) is 2. The molecule has 3 atom stereocenters. The van der Waals surface area contributed by atoms with Crippen LogP contribution < -0.4 is 20.9 Å². The Kier molecular flexibility index (Phi) is 6.80. The van der Waals surface area contributed by atoms with E-state index in [4.69, 9.17) is 5.14 Å². The monoisotopic (exact) mass is 471 g/mol. The van der Waals surface area contributed by atoms with Crippen LogP contribution in [0, 0.1) is 11.8 Å². The third kappa shape index (κ3) is 5.09. The fourth-order valence-electron chi connectivity index (χ4n) is 4.52. The fourth-order valence-corrected chi connectivity index (χ4v) is 5.03. The van der Waals surface area contributed by atoms with Crippen LogP contribution in [0.2, 0.25) is 0 Å². The molecule has 0 bridgehead atoms. The van der Waals surface area contributed by atoms with Gasteiger partial charge in [-0.05, 0) is 42.8 Å². The Labute approximate surface area is 194 Å². The van der Waals surface area contributed by atoms with Gasteiger partial charge in [0.15, 0.2) is 0 Å². The molecule has 10 heteroatoms. The number of para-hydroxylation sites is 1. The molecule has 2 saturated heterocycles. The quantitative estimate of drug-likeness (QED) is 0.540. The Balaban J connectivity index is 1.41. The predicted molar refractivity (Wildman–Crippen MR) is 124 cm³/mol. The van der Waals surface area contributed by atoms with Crippen molar-refractivity contribution in [2.45, 2.75) is 24.3 Å². The number of hydrogen-bond acceptors (Lipinski definition) is 6. The molecule has 2 fully saturated rings. The molecular weight excluding hydrogens is 442 g/mol. The number of sulfonamides is 1. The lowest BCUT2D eigenvalue weighted by atomic mass is 9.84. The molecule has 4 rings (SSSR count). The highest BCUT2D eigenvalue weighted by atomic mass is 32.2. The molecule has 4 N–H and O–H groups in total. The molecule has 2 aliphatic rings. The highest BCUT2D eigenvalue weighted by Crippen LogP contribution is 2.31. The predicted octanol–water partition coefficient (Wildman–Crippen LogP) is 0.481. The van der Waals surface area contributed by atoms with Gasteiger partial charge in [0.25, 0.3) is 0 Å². The van der Waals surface area contributed by atoms with E-state index in [9.17, 15) is 18.0 Å². The van der Waals surface area contributed by atoms with Gasteiger partial charge in [-0.15, -0.1) is 0 Å². The summed E-state index contributed by atoms with van der Waals surface area (Å²) in [6, 6.07) is 15.4. The van der Waals surface area contributed by atoms with Crippen LogP contribution in [0.15, 0.2) is 59.5 Å². The van der Waals surface area contributed by atoms with Crippen molar-refractivity contribution < 1.29 is 18.0 Å². The van der Waals surface area contributed by atoms with Crippen molar-refractivity contribution >= 4 is 27.5 Å². The maximum absolute atomic E-state index is 13.1. The highest BCUT2D eigenvalue weighted by Gasteiger charge is 2.50. The number of hydrogen-bond donors (Lipinski definition) is 3. The summed E-state index contributed by atoms with van der Waals surface area (Å²) >= 11 is 0. The second-order valence-corrected chi connectivity index (χ2v) is 10.0. The van der Waals surface area contributed by atoms with Gasteiger partial charge in [0.2, 0.25) is 21.8 Å². The van der Waals surface area contributed by atoms with Gasteiger partial charge in [0.1, 0.15) is 0 Å². The normalized spacial score (nSPS) is 23.4. The van der Waals surface area contributed by atoms with Crippen molar-refractivity contribution in [3.8, 4) is 0 Å². The zero-order chi connectivity index (χ0) is 23.6. The summed E-state index contributed by atoms with van der Waals surface area (Å²) in [5.74, 6) is -0.775. The topological polar surface area (TPSA) is 125 Å². The Morgan fingerprint density at radius 3 is 2.45 bits per heavy atom. The van der Waals surface area contributed by atoms with E-state index in [0.29, 0.717) is 26.1 Å². The van der Waals surface area contributed by atoms with E-state index in [1.54, 1.807) is 17.1 Å². The van der Waals surface area contributed by atoms with Crippen LogP contribution in [0.4, 0.5) is 5.69 Å². The number of amides is 2. The Bertz CT molecular complexity index is 1110. The highest BCUT2D eigenvalue weighted by molar-refractivity contribution is 7.89. The smallest absolute Gasteiger partial charge is 0.247 e. The molecule has 3 unspecified atom stereocenters. The molecule has 2 amide bonds. The Morgan fingerprint density at radius 1 is 1.12 bits per heavy atom. The van der Waals surface area contributed by atoms with Crippen LogP contribution in [0.25, 0.3) is 0 Å². The minimum absolute atomic E-state index is 0.0166. The van der Waals surface area contributed by atoms with Crippen molar-refractivity contribution in [2.24, 2.45) is 17.0 Å². The first-order valence-electron chi connectivity index (χ1n) is 11.0. The van der Waals surface area contributed by atoms with Crippen LogP contribution in [0.5, 0.6) is 0 Å². The summed E-state index contributed by atoms with van der Waals surface area (Å²) in [7, 11) is -3.73. The summed E-state index contributed by atoms with van der Waals surface area (Å²) in [4.78, 5) is 28.4. The zero-order valence-corrected chi connectivity index (χ0v) is 19.3. The van der Waals surface area contributed by atoms with Crippen molar-refractivity contribution in [1.29, 1.82) is 0 Å². The van der Waals surface area contributed by atoms with Gasteiger partial charge >= 0.3 is 0 Å². The maximum atomic E-state index is 13.1. The minimum atomic E-state index is -3.73. The van der Waals surface area contributed by atoms with Crippen LogP contribution in [-0.2, 0) is 26.0 Å². The van der Waals surface area contributed by atoms with Crippen LogP contribution in [0.3, 0.4) is 0 Å². The lowest BCUT2D eigenvalue weighted by Crippen LogP contribution is -2.57. The average Bonchev–Trinajstić information content (AvgIpc) is 3.15. The SMILES string of the molecule is CCN1CC(C(=O)NCCc2ccc(S(N)(=O)=O)cc2)C2NN(c3ccccc3)C(=O)C2C1. The Hall–Kier alpha value is -2.79. The van der Waals surface area contributed by atoms with Crippen molar-refractivity contribution in [2.75, 3.05) is 31.2 Å². The molecule has 2 heterocycles. The van der Waals surface area contributed by atoms with Crippen LogP contribution in [0.1, 0.15) is 12.5 Å². The molecule has 176 valence electrons. The third-order valence-electron chi connectivity index (χ3n) is 6.36. The number of nitrogens with two attached hydrogens (primary N) is 1. The number of primary sulfonamides is 1. The molecular formula is C23H29N5O4S. The van der Waals surface area contributed by atoms with Crippen molar-refractivity contribution in [3.63, 3.8) is 0 Å². The third-order valence-corrected chi connectivity index (χ3v) is 7.28. The maximum Gasteiger partial charge on any atom is 0.247 e. The van der Waals surface area contributed by atoms with Crippen molar-refractivity contribution in [1.82, 2.24) is 15.6 Å². The summed E-state index contributed by atoms with van der Waals surface area (Å²) < 4.78 is 22.8. The van der Waals surface area contributed by atoms with E-state index < -0.39 is 10.0 Å². The molecule has 0 radical (unpaired) electrons. The number of hydrazine groups is 1. The second kappa shape index (κ2) is 9.60. The van der Waals surface area contributed by atoms with Gasteiger partial charge in [-0.25, -0.2) is 24.0 Å². The zero-order valence-electron chi connectivity index (χ0n) is 18.5. The number of carbonyl (C=O) groups excluding carboxylic acids is 2. The molecule has 0 spiro atoms. The second-order valence-electron chi connectivity index (χ2n) is 8.46. The van der Waals surface area contributed by atoms with Crippen LogP contribution in [-0.4, -0.2) is 57.4 Å². The van der Waals surface area contributed by atoms with E-state index >= 15 is 0 Å². The number of fused-ring (bicyclic) bond motifs is 1. The summed E-state index contributed by atoms with van der Waals surface area (Å²) in [5, 5.41) is 9.69. The molecule has 0 aromatic heterocycles. The van der Waals surface area contributed by atoms with E-state index in [0.717, 1.165) is 17.8 Å². The molecule has 33 heavy (non-hydrogen) atoms. The number of likely N-dealkylation sites (tertiary alicyclic amines) is 1. The largest absolute Gasteiger partial charge is 0.355 e. The number of benzene rings is 2. The van der Waals surface area contributed by atoms with Crippen molar-refractivity contribution in [3.05, 3.63) is 60.2 Å². The first-order chi connectivity index (χ1) is 15.8. The van der Waals surface area contributed by atoms with Gasteiger partial charge in [-0.2, -0.15) is 0 Å². The number of rotatable bonds is 7. The molecule has 2 aliphatic heterocycles. The van der Waals surface area contributed by atoms with Gasteiger partial charge in [-0.3, -0.25) is 9.59 Å². The summed E-state index contributed by atoms with van der Waals surface area (Å²) in [5.41, 5.74) is 4.95. The molecule has 0 saturated carbocycles. The number of piperidine rings is 1. The molecule has 9 nitrogen and oxygen atoms in total. The number of carbonyl (C=O) groups is 2. The molecule has 0 aliphatic carbocycles. The Morgan fingerprint density at radius 2 is 1.82 bits per heavy atom. The van der Waals surface area contributed by atoms with Gasteiger partial charge in [0.05, 0.1) is 28.5 Å². The summed E-state index contributed by atoms with van der Waals surface area (Å²) in [6.45, 7) is 4.40. The minimum Gasteiger partial charge on any atom is -0.355 e. The van der Waals surface area contributed by atoms with E-state index in [2.05, 4.69) is 15.6 Å². The van der Waals surface area contributed by atoms with Gasteiger partial charge in [0, 0.05) is 19.6 Å². The summed E-state index contributed by atoms with van der Waals surface area (Å²) in [6.07, 6.45) is 0.553. The lowest BCUT2D eigenvalue weighted by Gasteiger charge is -2.37. The van der Waals surface area contributed by atoms with E-state index in [1.165, 1.54) is 12.1 Å². The standard InChI is InChI=1S/C23H29N5O4S/c1-2-27-14-19(21-20(15-27)23(30)28(26-21)17-6-4-3-5-7-17)22(29)25-13-12-16-8-10-18(11-9-16)33(24,31)32/h3-11,19-21,26H,2,12-15H2,1H3,(H,25,29)(H2,24,31,32). The lowest BCUT2D eigenvalue weighted by molar-refractivity contribution is -0.129. The van der Waals surface area contributed by atoms with Gasteiger partial charge in [-0.1, -0.05) is 37.3 Å². The average molecular weight is 472 g/mol. The molecule has 2 aromatic carbocycles. The fraction of sp³-hybridized carbons (Fsp3) is 0.391. The van der Waals surface area contributed by atoms with E-state index in [1.807, 2.05) is 37.3 Å². The van der Waals surface area contributed by atoms with E-state index in [-0.39, 0.29) is 34.6 Å². The number of nitrogens with one attached hydrogen (secondary N) is 2. The molecule has 2 aromatic rings. The first kappa shape index (κ1) is 23.4. The first-order valence-corrected chi connectivity index (χ1v) is 12.6. The van der Waals surface area contributed by atoms with Gasteiger partial charge < -0.3 is 10.2 Å².